The average Bonchev–Trinajstić information content (AvgIpc) is 2.89. The Balaban J connectivity index is 1.39. The molecule has 2 aliphatic rings. The van der Waals surface area contributed by atoms with Gasteiger partial charge in [-0.1, -0.05) is 6.07 Å². The van der Waals surface area contributed by atoms with Gasteiger partial charge in [-0.2, -0.15) is 0 Å². The number of urea groups is 1. The number of rotatable bonds is 6. The van der Waals surface area contributed by atoms with Gasteiger partial charge in [0.15, 0.2) is 11.5 Å². The first-order valence-electron chi connectivity index (χ1n) is 10.3. The molecule has 1 saturated heterocycles. The van der Waals surface area contributed by atoms with Crippen LogP contribution in [0.4, 0.5) is 4.79 Å². The molecule has 1 aromatic rings. The fraction of sp³-hybridized carbons (Fsp3) is 0.667. The van der Waals surface area contributed by atoms with Crippen LogP contribution in [0.1, 0.15) is 45.2 Å². The third kappa shape index (κ3) is 6.01. The van der Waals surface area contributed by atoms with Crippen LogP contribution >= 0.6 is 0 Å². The minimum absolute atomic E-state index is 0.113. The van der Waals surface area contributed by atoms with Gasteiger partial charge < -0.3 is 24.8 Å². The number of fused-ring (bicyclic) bond motifs is 1. The van der Waals surface area contributed by atoms with Crippen molar-refractivity contribution in [2.24, 2.45) is 0 Å². The van der Waals surface area contributed by atoms with E-state index in [0.29, 0.717) is 19.8 Å². The largest absolute Gasteiger partial charge is 0.490 e. The molecule has 28 heavy (non-hydrogen) atoms. The van der Waals surface area contributed by atoms with E-state index >= 15 is 0 Å². The third-order valence-corrected chi connectivity index (χ3v) is 5.05. The van der Waals surface area contributed by atoms with E-state index in [1.807, 2.05) is 25.1 Å². The second-order valence-electron chi connectivity index (χ2n) is 7.75. The molecule has 2 aliphatic heterocycles. The van der Waals surface area contributed by atoms with Crippen LogP contribution in [0.25, 0.3) is 0 Å². The SMILES string of the molecule is CC1CN(CCCNC(=O)NC(C)c2ccc3c(c2)OCCCO3)CC(C)O1. The first-order chi connectivity index (χ1) is 13.5. The fourth-order valence-corrected chi connectivity index (χ4v) is 3.75. The molecule has 0 aromatic heterocycles. The van der Waals surface area contributed by atoms with E-state index in [1.165, 1.54) is 0 Å². The van der Waals surface area contributed by atoms with E-state index in [0.717, 1.165) is 49.5 Å². The number of ether oxygens (including phenoxy) is 3. The number of nitrogens with one attached hydrogen (secondary N) is 2. The van der Waals surface area contributed by atoms with Crippen molar-refractivity contribution >= 4 is 6.03 Å². The van der Waals surface area contributed by atoms with Crippen molar-refractivity contribution < 1.29 is 19.0 Å². The van der Waals surface area contributed by atoms with Crippen molar-refractivity contribution in [3.63, 3.8) is 0 Å². The highest BCUT2D eigenvalue weighted by molar-refractivity contribution is 5.74. The van der Waals surface area contributed by atoms with E-state index in [4.69, 9.17) is 14.2 Å². The lowest BCUT2D eigenvalue weighted by molar-refractivity contribution is -0.0679. The monoisotopic (exact) mass is 391 g/mol. The standard InChI is InChI=1S/C21H33N3O4/c1-15-13-24(14-16(2)28-15)9-4-8-22-21(25)23-17(3)18-6-7-19-20(12-18)27-11-5-10-26-19/h6-7,12,15-17H,4-5,8-11,13-14H2,1-3H3,(H2,22,23,25). The molecule has 0 spiro atoms. The molecule has 0 saturated carbocycles. The van der Waals surface area contributed by atoms with Gasteiger partial charge in [-0.15, -0.1) is 0 Å². The van der Waals surface area contributed by atoms with Crippen molar-refractivity contribution in [1.29, 1.82) is 0 Å². The summed E-state index contributed by atoms with van der Waals surface area (Å²) in [5.41, 5.74) is 0.996. The molecule has 2 N–H and O–H groups in total. The fourth-order valence-electron chi connectivity index (χ4n) is 3.75. The molecule has 7 heteroatoms. The molecule has 2 heterocycles. The van der Waals surface area contributed by atoms with Crippen molar-refractivity contribution in [2.75, 3.05) is 39.4 Å². The van der Waals surface area contributed by atoms with Crippen molar-refractivity contribution in [3.8, 4) is 11.5 Å². The maximum atomic E-state index is 12.2. The summed E-state index contributed by atoms with van der Waals surface area (Å²) in [5, 5.41) is 5.94. The van der Waals surface area contributed by atoms with Gasteiger partial charge in [-0.25, -0.2) is 4.79 Å². The van der Waals surface area contributed by atoms with Crippen LogP contribution in [0.2, 0.25) is 0 Å². The van der Waals surface area contributed by atoms with E-state index in [1.54, 1.807) is 0 Å². The number of morpholine rings is 1. The Hall–Kier alpha value is -1.99. The number of carbonyl (C=O) groups is 1. The summed E-state index contributed by atoms with van der Waals surface area (Å²) >= 11 is 0. The molecule has 156 valence electrons. The Morgan fingerprint density at radius 3 is 2.64 bits per heavy atom. The molecule has 3 rings (SSSR count). The summed E-state index contributed by atoms with van der Waals surface area (Å²) in [4.78, 5) is 14.6. The molecule has 1 aromatic carbocycles. The first kappa shape index (κ1) is 20.7. The molecule has 0 radical (unpaired) electrons. The summed E-state index contributed by atoms with van der Waals surface area (Å²) in [6.07, 6.45) is 2.35. The lowest BCUT2D eigenvalue weighted by Gasteiger charge is -2.35. The summed E-state index contributed by atoms with van der Waals surface area (Å²) in [5.74, 6) is 1.52. The Morgan fingerprint density at radius 1 is 1.18 bits per heavy atom. The Bertz CT molecular complexity index is 645. The number of amides is 2. The lowest BCUT2D eigenvalue weighted by Crippen LogP contribution is -2.46. The highest BCUT2D eigenvalue weighted by Crippen LogP contribution is 2.32. The number of hydrogen-bond donors (Lipinski definition) is 2. The summed E-state index contributed by atoms with van der Waals surface area (Å²) < 4.78 is 17.1. The van der Waals surface area contributed by atoms with Crippen LogP contribution in [0.5, 0.6) is 11.5 Å². The van der Waals surface area contributed by atoms with E-state index < -0.39 is 0 Å². The smallest absolute Gasteiger partial charge is 0.315 e. The van der Waals surface area contributed by atoms with Gasteiger partial charge in [0, 0.05) is 32.6 Å². The zero-order valence-corrected chi connectivity index (χ0v) is 17.2. The summed E-state index contributed by atoms with van der Waals surface area (Å²) in [7, 11) is 0. The highest BCUT2D eigenvalue weighted by atomic mass is 16.5. The van der Waals surface area contributed by atoms with Crippen LogP contribution in [0.3, 0.4) is 0 Å². The van der Waals surface area contributed by atoms with Crippen LogP contribution in [0, 0.1) is 0 Å². The molecule has 2 amide bonds. The maximum Gasteiger partial charge on any atom is 0.315 e. The first-order valence-corrected chi connectivity index (χ1v) is 10.3. The molecule has 3 unspecified atom stereocenters. The van der Waals surface area contributed by atoms with Gasteiger partial charge in [-0.05, 0) is 44.9 Å². The number of hydrogen-bond acceptors (Lipinski definition) is 5. The van der Waals surface area contributed by atoms with Gasteiger partial charge in [0.2, 0.25) is 0 Å². The minimum atomic E-state index is -0.150. The Kier molecular flexibility index (Phi) is 7.39. The Morgan fingerprint density at radius 2 is 1.89 bits per heavy atom. The van der Waals surface area contributed by atoms with Crippen LogP contribution in [-0.4, -0.2) is 62.5 Å². The number of nitrogens with zero attached hydrogens (tertiary/aromatic N) is 1. The van der Waals surface area contributed by atoms with Crippen LogP contribution in [-0.2, 0) is 4.74 Å². The van der Waals surface area contributed by atoms with Gasteiger partial charge in [0.25, 0.3) is 0 Å². The molecular formula is C21H33N3O4. The Labute approximate surface area is 167 Å². The molecular weight excluding hydrogens is 358 g/mol. The zero-order valence-electron chi connectivity index (χ0n) is 17.2. The predicted octanol–water partition coefficient (Wildman–Crippen LogP) is 2.71. The lowest BCUT2D eigenvalue weighted by atomic mass is 10.1. The molecule has 0 bridgehead atoms. The van der Waals surface area contributed by atoms with Gasteiger partial charge >= 0.3 is 6.03 Å². The van der Waals surface area contributed by atoms with E-state index in [9.17, 15) is 4.79 Å². The summed E-state index contributed by atoms with van der Waals surface area (Å²) in [6.45, 7) is 11.0. The minimum Gasteiger partial charge on any atom is -0.490 e. The second-order valence-corrected chi connectivity index (χ2v) is 7.75. The van der Waals surface area contributed by atoms with Crippen molar-refractivity contribution in [3.05, 3.63) is 23.8 Å². The van der Waals surface area contributed by atoms with Gasteiger partial charge in [0.05, 0.1) is 31.5 Å². The predicted molar refractivity (Wildman–Crippen MR) is 108 cm³/mol. The number of benzene rings is 1. The van der Waals surface area contributed by atoms with Crippen LogP contribution < -0.4 is 20.1 Å². The van der Waals surface area contributed by atoms with Gasteiger partial charge in [0.1, 0.15) is 0 Å². The molecule has 7 nitrogen and oxygen atoms in total. The highest BCUT2D eigenvalue weighted by Gasteiger charge is 2.21. The summed E-state index contributed by atoms with van der Waals surface area (Å²) in [6, 6.07) is 5.57. The van der Waals surface area contributed by atoms with Crippen molar-refractivity contribution in [2.45, 2.75) is 51.9 Å². The maximum absolute atomic E-state index is 12.2. The normalized spacial score (nSPS) is 23.5. The topological polar surface area (TPSA) is 72.1 Å². The van der Waals surface area contributed by atoms with Crippen LogP contribution in [0.15, 0.2) is 18.2 Å². The number of carbonyl (C=O) groups excluding carboxylic acids is 1. The second kappa shape index (κ2) is 9.98. The van der Waals surface area contributed by atoms with E-state index in [-0.39, 0.29) is 24.3 Å². The third-order valence-electron chi connectivity index (χ3n) is 5.05. The molecule has 3 atom stereocenters. The van der Waals surface area contributed by atoms with Gasteiger partial charge in [-0.3, -0.25) is 4.90 Å². The average molecular weight is 392 g/mol. The molecule has 1 fully saturated rings. The molecule has 0 aliphatic carbocycles. The van der Waals surface area contributed by atoms with E-state index in [2.05, 4.69) is 29.4 Å². The quantitative estimate of drug-likeness (QED) is 0.730. The van der Waals surface area contributed by atoms with Crippen molar-refractivity contribution in [1.82, 2.24) is 15.5 Å². The zero-order chi connectivity index (χ0) is 19.9.